The van der Waals surface area contributed by atoms with Gasteiger partial charge in [-0.05, 0) is 48.6 Å². The Morgan fingerprint density at radius 1 is 0.786 bits per heavy atom. The molecular weight excluding hydrogens is 364 g/mol. The normalized spacial score (nSPS) is 10.8. The first kappa shape index (κ1) is 21.4. The fraction of sp³-hybridized carbons (Fsp3) is 0.286. The number of rotatable bonds is 12. The number of ketones is 1. The summed E-state index contributed by atoms with van der Waals surface area (Å²) in [7, 11) is 4.62. The predicted octanol–water partition coefficient (Wildman–Crippen LogP) is 3.53. The van der Waals surface area contributed by atoms with Crippen molar-refractivity contribution in [2.45, 2.75) is 0 Å². The third-order valence-electron chi connectivity index (χ3n) is 3.56. The molecule has 0 aliphatic carbocycles. The Morgan fingerprint density at radius 2 is 1.36 bits per heavy atom. The third kappa shape index (κ3) is 6.70. The molecule has 0 fully saturated rings. The van der Waals surface area contributed by atoms with E-state index in [-0.39, 0.29) is 26.2 Å². The highest BCUT2D eigenvalue weighted by molar-refractivity contribution is 6.07. The van der Waals surface area contributed by atoms with Crippen LogP contribution in [0, 0.1) is 0 Å². The second-order valence-corrected chi connectivity index (χ2v) is 5.57. The summed E-state index contributed by atoms with van der Waals surface area (Å²) in [5.74, 6) is 1.60. The van der Waals surface area contributed by atoms with Gasteiger partial charge >= 0.3 is 0 Å². The molecule has 0 amide bonds. The highest BCUT2D eigenvalue weighted by atomic mass is 16.7. The molecule has 0 saturated carbocycles. The number of hydrogen-bond acceptors (Lipinski definition) is 7. The summed E-state index contributed by atoms with van der Waals surface area (Å²) in [5, 5.41) is 0. The van der Waals surface area contributed by atoms with E-state index in [1.165, 1.54) is 13.2 Å². The number of benzene rings is 2. The van der Waals surface area contributed by atoms with Crippen LogP contribution in [0.1, 0.15) is 15.9 Å². The van der Waals surface area contributed by atoms with Crippen molar-refractivity contribution >= 4 is 11.9 Å². The maximum atomic E-state index is 12.4. The standard InChI is InChI=1S/C21H24O7/c1-23-13-26-18-8-4-16(5-9-18)20(22)11-7-17-6-10-19(27-14-24-2)12-21(17)28-15-25-3/h4-12H,13-15H2,1-3H3. The minimum atomic E-state index is -0.143. The van der Waals surface area contributed by atoms with Crippen LogP contribution in [0.5, 0.6) is 17.2 Å². The van der Waals surface area contributed by atoms with E-state index in [9.17, 15) is 4.79 Å². The van der Waals surface area contributed by atoms with Crippen molar-refractivity contribution in [2.75, 3.05) is 41.7 Å². The van der Waals surface area contributed by atoms with Crippen molar-refractivity contribution < 1.29 is 33.2 Å². The Bertz CT molecular complexity index is 769. The van der Waals surface area contributed by atoms with Gasteiger partial charge in [0.15, 0.2) is 26.2 Å². The first-order valence-electron chi connectivity index (χ1n) is 8.49. The summed E-state index contributed by atoms with van der Waals surface area (Å²) in [5.41, 5.74) is 1.26. The Hall–Kier alpha value is -2.87. The summed E-state index contributed by atoms with van der Waals surface area (Å²) in [6.07, 6.45) is 3.17. The van der Waals surface area contributed by atoms with Gasteiger partial charge in [0.25, 0.3) is 0 Å². The molecule has 7 nitrogen and oxygen atoms in total. The largest absolute Gasteiger partial charge is 0.468 e. The second kappa shape index (κ2) is 11.8. The molecule has 28 heavy (non-hydrogen) atoms. The second-order valence-electron chi connectivity index (χ2n) is 5.57. The zero-order valence-corrected chi connectivity index (χ0v) is 16.2. The number of allylic oxidation sites excluding steroid dienone is 1. The molecule has 0 saturated heterocycles. The summed E-state index contributed by atoms with van der Waals surface area (Å²) in [6, 6.07) is 12.1. The SMILES string of the molecule is COCOc1ccc(C(=O)C=Cc2ccc(OCOC)cc2OCOC)cc1. The summed E-state index contributed by atoms with van der Waals surface area (Å²) in [4.78, 5) is 12.4. The average Bonchev–Trinajstić information content (AvgIpc) is 2.74. The van der Waals surface area contributed by atoms with Crippen molar-refractivity contribution in [3.63, 3.8) is 0 Å². The number of ether oxygens (including phenoxy) is 6. The lowest BCUT2D eigenvalue weighted by Gasteiger charge is -2.11. The monoisotopic (exact) mass is 388 g/mol. The molecule has 0 atom stereocenters. The predicted molar refractivity (Wildman–Crippen MR) is 104 cm³/mol. The van der Waals surface area contributed by atoms with Gasteiger partial charge in [-0.1, -0.05) is 0 Å². The lowest BCUT2D eigenvalue weighted by Crippen LogP contribution is -2.03. The first-order valence-corrected chi connectivity index (χ1v) is 8.49. The zero-order valence-electron chi connectivity index (χ0n) is 16.2. The van der Waals surface area contributed by atoms with Crippen molar-refractivity contribution in [2.24, 2.45) is 0 Å². The van der Waals surface area contributed by atoms with Gasteiger partial charge < -0.3 is 28.4 Å². The molecule has 0 spiro atoms. The lowest BCUT2D eigenvalue weighted by atomic mass is 10.1. The first-order chi connectivity index (χ1) is 13.7. The van der Waals surface area contributed by atoms with E-state index in [2.05, 4.69) is 0 Å². The number of hydrogen-bond donors (Lipinski definition) is 0. The summed E-state index contributed by atoms with van der Waals surface area (Å²) >= 11 is 0. The molecule has 2 aromatic rings. The van der Waals surface area contributed by atoms with Gasteiger partial charge in [0.2, 0.25) is 0 Å². The van der Waals surface area contributed by atoms with Crippen LogP contribution in [0.2, 0.25) is 0 Å². The van der Waals surface area contributed by atoms with Crippen molar-refractivity contribution in [3.05, 3.63) is 59.7 Å². The fourth-order valence-corrected chi connectivity index (χ4v) is 2.22. The molecule has 0 aliphatic rings. The van der Waals surface area contributed by atoms with E-state index in [0.717, 1.165) is 5.56 Å². The topological polar surface area (TPSA) is 72.5 Å². The van der Waals surface area contributed by atoms with Crippen LogP contribution in [0.4, 0.5) is 0 Å². The van der Waals surface area contributed by atoms with Crippen LogP contribution in [-0.2, 0) is 14.2 Å². The highest BCUT2D eigenvalue weighted by Crippen LogP contribution is 2.26. The molecule has 0 aromatic heterocycles. The van der Waals surface area contributed by atoms with E-state index in [1.807, 2.05) is 0 Å². The maximum absolute atomic E-state index is 12.4. The van der Waals surface area contributed by atoms with Gasteiger partial charge in [-0.25, -0.2) is 0 Å². The lowest BCUT2D eigenvalue weighted by molar-refractivity contribution is 0.0459. The molecule has 0 N–H and O–H groups in total. The maximum Gasteiger partial charge on any atom is 0.188 e. The van der Waals surface area contributed by atoms with Crippen molar-refractivity contribution in [3.8, 4) is 17.2 Å². The number of methoxy groups -OCH3 is 3. The Kier molecular flexibility index (Phi) is 9.00. The van der Waals surface area contributed by atoms with Gasteiger partial charge in [0, 0.05) is 38.5 Å². The summed E-state index contributed by atoms with van der Waals surface area (Å²) in [6.45, 7) is 0.356. The Labute approximate surface area is 164 Å². The molecule has 0 unspecified atom stereocenters. The van der Waals surface area contributed by atoms with Crippen LogP contribution >= 0.6 is 0 Å². The minimum Gasteiger partial charge on any atom is -0.468 e. The Balaban J connectivity index is 2.11. The minimum absolute atomic E-state index is 0.0749. The van der Waals surface area contributed by atoms with E-state index in [0.29, 0.717) is 22.8 Å². The van der Waals surface area contributed by atoms with E-state index in [4.69, 9.17) is 28.4 Å². The van der Waals surface area contributed by atoms with Gasteiger partial charge in [-0.2, -0.15) is 0 Å². The van der Waals surface area contributed by atoms with Gasteiger partial charge in [-0.3, -0.25) is 4.79 Å². The van der Waals surface area contributed by atoms with E-state index < -0.39 is 0 Å². The van der Waals surface area contributed by atoms with Crippen LogP contribution < -0.4 is 14.2 Å². The van der Waals surface area contributed by atoms with Crippen LogP contribution in [0.15, 0.2) is 48.5 Å². The molecule has 0 bridgehead atoms. The van der Waals surface area contributed by atoms with Crippen molar-refractivity contribution in [1.82, 2.24) is 0 Å². The highest BCUT2D eigenvalue weighted by Gasteiger charge is 2.07. The molecule has 0 aliphatic heterocycles. The van der Waals surface area contributed by atoms with Crippen LogP contribution in [0.3, 0.4) is 0 Å². The van der Waals surface area contributed by atoms with Crippen molar-refractivity contribution in [1.29, 1.82) is 0 Å². The van der Waals surface area contributed by atoms with Gasteiger partial charge in [0.05, 0.1) is 0 Å². The van der Waals surface area contributed by atoms with E-state index in [1.54, 1.807) is 62.8 Å². The third-order valence-corrected chi connectivity index (χ3v) is 3.56. The fourth-order valence-electron chi connectivity index (χ4n) is 2.22. The molecule has 150 valence electrons. The average molecular weight is 388 g/mol. The zero-order chi connectivity index (χ0) is 20.2. The van der Waals surface area contributed by atoms with Gasteiger partial charge in [-0.15, -0.1) is 0 Å². The molecule has 2 aromatic carbocycles. The molecular formula is C21H24O7. The Morgan fingerprint density at radius 3 is 2.00 bits per heavy atom. The molecule has 7 heteroatoms. The smallest absolute Gasteiger partial charge is 0.188 e. The number of carbonyl (C=O) groups is 1. The van der Waals surface area contributed by atoms with Gasteiger partial charge in [0.1, 0.15) is 17.2 Å². The quantitative estimate of drug-likeness (QED) is 0.313. The van der Waals surface area contributed by atoms with Crippen LogP contribution in [-0.4, -0.2) is 47.5 Å². The number of carbonyl (C=O) groups excluding carboxylic acids is 1. The molecule has 0 radical (unpaired) electrons. The van der Waals surface area contributed by atoms with E-state index >= 15 is 0 Å². The van der Waals surface area contributed by atoms with Crippen LogP contribution in [0.25, 0.3) is 6.08 Å². The summed E-state index contributed by atoms with van der Waals surface area (Å²) < 4.78 is 31.0. The molecule has 2 rings (SSSR count). The molecule has 0 heterocycles.